The van der Waals surface area contributed by atoms with E-state index in [1.807, 2.05) is 6.07 Å². The van der Waals surface area contributed by atoms with Crippen LogP contribution in [0, 0.1) is 0 Å². The normalized spacial score (nSPS) is 10.2. The van der Waals surface area contributed by atoms with Crippen molar-refractivity contribution in [3.8, 4) is 11.5 Å². The molecule has 16 heavy (non-hydrogen) atoms. The fourth-order valence-corrected chi connectivity index (χ4v) is 1.61. The maximum Gasteiger partial charge on any atom is 0.161 e. The first-order valence-electron chi connectivity index (χ1n) is 5.26. The highest BCUT2D eigenvalue weighted by Gasteiger charge is 2.10. The molecule has 0 aliphatic carbocycles. The number of hydrogen-bond donors (Lipinski definition) is 1. The summed E-state index contributed by atoms with van der Waals surface area (Å²) < 4.78 is 23.1. The van der Waals surface area contributed by atoms with Crippen LogP contribution in [0.1, 0.15) is 17.5 Å². The highest BCUT2D eigenvalue weighted by molar-refractivity contribution is 5.47. The van der Waals surface area contributed by atoms with Crippen LogP contribution < -0.4 is 15.2 Å². The molecule has 0 aliphatic heterocycles. The van der Waals surface area contributed by atoms with E-state index < -0.39 is 6.67 Å². The highest BCUT2D eigenvalue weighted by atomic mass is 19.1. The Balaban J connectivity index is 3.05. The zero-order valence-electron chi connectivity index (χ0n) is 9.75. The van der Waals surface area contributed by atoms with Gasteiger partial charge in [0.1, 0.15) is 6.67 Å². The van der Waals surface area contributed by atoms with Gasteiger partial charge in [-0.25, -0.2) is 4.39 Å². The summed E-state index contributed by atoms with van der Waals surface area (Å²) in [6.07, 6.45) is 1.60. The standard InChI is InChI=1S/C12H18FNO2/c1-15-11-6-9(4-3-5-14)10(8-13)7-12(11)16-2/h6-7H,3-5,8,14H2,1-2H3. The molecule has 0 amide bonds. The largest absolute Gasteiger partial charge is 0.493 e. The van der Waals surface area contributed by atoms with E-state index in [2.05, 4.69) is 0 Å². The number of nitrogens with two attached hydrogens (primary N) is 1. The second-order valence-corrected chi connectivity index (χ2v) is 3.50. The number of aryl methyl sites for hydroxylation is 1. The van der Waals surface area contributed by atoms with Crippen molar-refractivity contribution in [1.29, 1.82) is 0 Å². The fraction of sp³-hybridized carbons (Fsp3) is 0.500. The summed E-state index contributed by atoms with van der Waals surface area (Å²) in [6.45, 7) is 0.0975. The maximum absolute atomic E-state index is 12.8. The SMILES string of the molecule is COc1cc(CF)c(CCCN)cc1OC. The Morgan fingerprint density at radius 2 is 1.69 bits per heavy atom. The zero-order valence-corrected chi connectivity index (χ0v) is 9.75. The quantitative estimate of drug-likeness (QED) is 0.809. The molecule has 0 unspecified atom stereocenters. The molecular formula is C12H18FNO2. The average Bonchev–Trinajstić information content (AvgIpc) is 2.35. The van der Waals surface area contributed by atoms with E-state index in [1.54, 1.807) is 20.3 Å². The molecule has 4 heteroatoms. The first-order chi connectivity index (χ1) is 7.76. The van der Waals surface area contributed by atoms with Gasteiger partial charge in [-0.2, -0.15) is 0 Å². The van der Waals surface area contributed by atoms with Crippen LogP contribution in [0.15, 0.2) is 12.1 Å². The Morgan fingerprint density at radius 3 is 2.12 bits per heavy atom. The van der Waals surface area contributed by atoms with Crippen LogP contribution >= 0.6 is 0 Å². The van der Waals surface area contributed by atoms with Crippen molar-refractivity contribution in [3.63, 3.8) is 0 Å². The van der Waals surface area contributed by atoms with Crippen LogP contribution in [-0.2, 0) is 13.1 Å². The van der Waals surface area contributed by atoms with Gasteiger partial charge in [0.15, 0.2) is 11.5 Å². The Kier molecular flexibility index (Phi) is 5.05. The van der Waals surface area contributed by atoms with Crippen molar-refractivity contribution in [2.75, 3.05) is 20.8 Å². The van der Waals surface area contributed by atoms with Gasteiger partial charge in [0.25, 0.3) is 0 Å². The van der Waals surface area contributed by atoms with Gasteiger partial charge in [0.05, 0.1) is 14.2 Å². The number of rotatable bonds is 6. The number of halogens is 1. The molecule has 0 heterocycles. The van der Waals surface area contributed by atoms with Gasteiger partial charge in [-0.15, -0.1) is 0 Å². The van der Waals surface area contributed by atoms with Crippen molar-refractivity contribution < 1.29 is 13.9 Å². The molecule has 1 aromatic carbocycles. The third-order valence-corrected chi connectivity index (χ3v) is 2.50. The molecule has 0 aromatic heterocycles. The summed E-state index contributed by atoms with van der Waals surface area (Å²) in [5.41, 5.74) is 7.03. The van der Waals surface area contributed by atoms with Crippen LogP contribution in [0.25, 0.3) is 0 Å². The Hall–Kier alpha value is -1.29. The molecule has 0 bridgehead atoms. The van der Waals surface area contributed by atoms with Gasteiger partial charge in [0, 0.05) is 0 Å². The first kappa shape index (κ1) is 12.8. The third kappa shape index (κ3) is 2.85. The first-order valence-corrected chi connectivity index (χ1v) is 5.26. The molecule has 1 aromatic rings. The van der Waals surface area contributed by atoms with Gasteiger partial charge in [-0.05, 0) is 42.6 Å². The molecule has 0 saturated heterocycles. The predicted octanol–water partition coefficient (Wildman–Crippen LogP) is 2.06. The maximum atomic E-state index is 12.8. The Morgan fingerprint density at radius 1 is 1.12 bits per heavy atom. The van der Waals surface area contributed by atoms with Crippen LogP contribution in [0.5, 0.6) is 11.5 Å². The summed E-state index contributed by atoms with van der Waals surface area (Å²) in [4.78, 5) is 0. The number of ether oxygens (including phenoxy) is 2. The van der Waals surface area contributed by atoms with E-state index in [-0.39, 0.29) is 0 Å². The molecule has 90 valence electrons. The average molecular weight is 227 g/mol. The fourth-order valence-electron chi connectivity index (χ4n) is 1.61. The molecule has 3 nitrogen and oxygen atoms in total. The minimum absolute atomic E-state index is 0.500. The van der Waals surface area contributed by atoms with E-state index in [1.165, 1.54) is 0 Å². The van der Waals surface area contributed by atoms with Crippen LogP contribution in [0.2, 0.25) is 0 Å². The van der Waals surface area contributed by atoms with Crippen molar-refractivity contribution in [2.45, 2.75) is 19.5 Å². The number of methoxy groups -OCH3 is 2. The summed E-state index contributed by atoms with van der Waals surface area (Å²) in [5.74, 6) is 1.19. The monoisotopic (exact) mass is 227 g/mol. The van der Waals surface area contributed by atoms with Gasteiger partial charge in [0.2, 0.25) is 0 Å². The van der Waals surface area contributed by atoms with E-state index in [0.717, 1.165) is 18.4 Å². The van der Waals surface area contributed by atoms with Crippen LogP contribution in [0.3, 0.4) is 0 Å². The molecule has 1 rings (SSSR count). The molecule has 0 saturated carbocycles. The predicted molar refractivity (Wildman–Crippen MR) is 61.7 cm³/mol. The van der Waals surface area contributed by atoms with Gasteiger partial charge < -0.3 is 15.2 Å². The van der Waals surface area contributed by atoms with Crippen molar-refractivity contribution >= 4 is 0 Å². The summed E-state index contributed by atoms with van der Waals surface area (Å²) in [6, 6.07) is 3.51. The van der Waals surface area contributed by atoms with Crippen molar-refractivity contribution in [2.24, 2.45) is 5.73 Å². The second kappa shape index (κ2) is 6.33. The van der Waals surface area contributed by atoms with Crippen LogP contribution in [-0.4, -0.2) is 20.8 Å². The van der Waals surface area contributed by atoms with E-state index >= 15 is 0 Å². The van der Waals surface area contributed by atoms with Gasteiger partial charge in [-0.3, -0.25) is 0 Å². The van der Waals surface area contributed by atoms with Gasteiger partial charge >= 0.3 is 0 Å². The third-order valence-electron chi connectivity index (χ3n) is 2.50. The van der Waals surface area contributed by atoms with E-state index in [0.29, 0.717) is 23.6 Å². The van der Waals surface area contributed by atoms with Crippen LogP contribution in [0.4, 0.5) is 4.39 Å². The zero-order chi connectivity index (χ0) is 12.0. The minimum atomic E-state index is -0.500. The lowest BCUT2D eigenvalue weighted by atomic mass is 10.0. The lowest BCUT2D eigenvalue weighted by Crippen LogP contribution is -2.03. The van der Waals surface area contributed by atoms with Crippen molar-refractivity contribution in [3.05, 3.63) is 23.3 Å². The number of hydrogen-bond acceptors (Lipinski definition) is 3. The van der Waals surface area contributed by atoms with E-state index in [9.17, 15) is 4.39 Å². The molecule has 0 spiro atoms. The molecular weight excluding hydrogens is 209 g/mol. The van der Waals surface area contributed by atoms with E-state index in [4.69, 9.17) is 15.2 Å². The lowest BCUT2D eigenvalue weighted by Gasteiger charge is -2.13. The topological polar surface area (TPSA) is 44.5 Å². The highest BCUT2D eigenvalue weighted by Crippen LogP contribution is 2.31. The molecule has 0 aliphatic rings. The Bertz CT molecular complexity index is 342. The minimum Gasteiger partial charge on any atom is -0.493 e. The smallest absolute Gasteiger partial charge is 0.161 e. The number of benzene rings is 1. The Labute approximate surface area is 95.4 Å². The summed E-state index contributed by atoms with van der Waals surface area (Å²) >= 11 is 0. The molecule has 0 atom stereocenters. The van der Waals surface area contributed by atoms with Crippen molar-refractivity contribution in [1.82, 2.24) is 0 Å². The van der Waals surface area contributed by atoms with Gasteiger partial charge in [-0.1, -0.05) is 0 Å². The lowest BCUT2D eigenvalue weighted by molar-refractivity contribution is 0.353. The summed E-state index contributed by atoms with van der Waals surface area (Å²) in [5, 5.41) is 0. The molecule has 0 radical (unpaired) electrons. The number of alkyl halides is 1. The molecule has 0 fully saturated rings. The second-order valence-electron chi connectivity index (χ2n) is 3.50. The summed E-state index contributed by atoms with van der Waals surface area (Å²) in [7, 11) is 3.11. The molecule has 2 N–H and O–H groups in total.